The van der Waals surface area contributed by atoms with E-state index in [1.54, 1.807) is 4.90 Å². The van der Waals surface area contributed by atoms with Crippen molar-refractivity contribution in [2.45, 2.75) is 71.5 Å². The number of β-lactam (4-membered cyclic amide) rings is 1. The Morgan fingerprint density at radius 3 is 2.33 bits per heavy atom. The molecule has 1 heterocycles. The Kier molecular flexibility index (Phi) is 6.53. The summed E-state index contributed by atoms with van der Waals surface area (Å²) in [5.41, 5.74) is 0.932. The van der Waals surface area contributed by atoms with Gasteiger partial charge in [-0.3, -0.25) is 4.79 Å². The largest absolute Gasteiger partial charge is 0.459 e. The first-order valence-electron chi connectivity index (χ1n) is 9.68. The van der Waals surface area contributed by atoms with Crippen molar-refractivity contribution in [3.05, 3.63) is 35.9 Å². The molecule has 1 aromatic rings. The van der Waals surface area contributed by atoms with Crippen molar-refractivity contribution < 1.29 is 18.8 Å². The molecule has 0 bridgehead atoms. The van der Waals surface area contributed by atoms with E-state index < -0.39 is 20.3 Å². The zero-order chi connectivity index (χ0) is 20.4. The molecule has 1 amide bonds. The molecule has 1 aromatic carbocycles. The standard InChI is InChI=1S/C21H33NO4Si/c1-8-22-18(20(24)25-14-16-12-10-9-11-13-16)17(19(22)23)15(2)26-27(6,7)21(3,4)5/h9-13,15,17-18H,8,14H2,1-7H3/t15-,17?,18?/m1/s1. The first kappa shape index (κ1) is 21.6. The van der Waals surface area contributed by atoms with Gasteiger partial charge in [-0.15, -0.1) is 0 Å². The molecule has 0 aromatic heterocycles. The van der Waals surface area contributed by atoms with E-state index in [1.165, 1.54) is 0 Å². The highest BCUT2D eigenvalue weighted by molar-refractivity contribution is 6.74. The molecule has 1 fully saturated rings. The lowest BCUT2D eigenvalue weighted by Crippen LogP contribution is -2.68. The summed E-state index contributed by atoms with van der Waals surface area (Å²) < 4.78 is 11.9. The Balaban J connectivity index is 2.08. The molecule has 6 heteroatoms. The number of rotatable bonds is 7. The highest BCUT2D eigenvalue weighted by Gasteiger charge is 2.55. The molecule has 0 aliphatic carbocycles. The lowest BCUT2D eigenvalue weighted by molar-refractivity contribution is -0.180. The van der Waals surface area contributed by atoms with Crippen LogP contribution in [0.3, 0.4) is 0 Å². The summed E-state index contributed by atoms with van der Waals surface area (Å²) in [6, 6.07) is 9.00. The first-order valence-corrected chi connectivity index (χ1v) is 12.6. The number of carbonyl (C=O) groups excluding carboxylic acids is 2. The molecule has 27 heavy (non-hydrogen) atoms. The number of amides is 1. The van der Waals surface area contributed by atoms with E-state index in [2.05, 4.69) is 33.9 Å². The van der Waals surface area contributed by atoms with Crippen LogP contribution in [0.5, 0.6) is 0 Å². The Hall–Kier alpha value is -1.66. The molecule has 1 aliphatic heterocycles. The number of hydrogen-bond donors (Lipinski definition) is 0. The van der Waals surface area contributed by atoms with Crippen molar-refractivity contribution in [3.8, 4) is 0 Å². The van der Waals surface area contributed by atoms with Gasteiger partial charge in [-0.1, -0.05) is 51.1 Å². The molecule has 0 N–H and O–H groups in total. The second kappa shape index (κ2) is 8.15. The third-order valence-electron chi connectivity index (χ3n) is 5.84. The van der Waals surface area contributed by atoms with Gasteiger partial charge < -0.3 is 14.1 Å². The van der Waals surface area contributed by atoms with Crippen molar-refractivity contribution in [1.29, 1.82) is 0 Å². The van der Waals surface area contributed by atoms with Crippen molar-refractivity contribution in [2.75, 3.05) is 6.54 Å². The van der Waals surface area contributed by atoms with Crippen molar-refractivity contribution in [1.82, 2.24) is 4.90 Å². The fourth-order valence-corrected chi connectivity index (χ4v) is 4.62. The third-order valence-corrected chi connectivity index (χ3v) is 10.4. The molecular weight excluding hydrogens is 358 g/mol. The van der Waals surface area contributed by atoms with Crippen molar-refractivity contribution in [2.24, 2.45) is 5.92 Å². The third kappa shape index (κ3) is 4.61. The number of esters is 1. The minimum Gasteiger partial charge on any atom is -0.459 e. The van der Waals surface area contributed by atoms with Crippen molar-refractivity contribution >= 4 is 20.2 Å². The van der Waals surface area contributed by atoms with Gasteiger partial charge in [-0.25, -0.2) is 4.79 Å². The average molecular weight is 392 g/mol. The highest BCUT2D eigenvalue weighted by atomic mass is 28.4. The monoisotopic (exact) mass is 391 g/mol. The molecule has 0 saturated carbocycles. The van der Waals surface area contributed by atoms with Crippen LogP contribution < -0.4 is 0 Å². The average Bonchev–Trinajstić information content (AvgIpc) is 2.57. The Bertz CT molecular complexity index is 669. The second-order valence-electron chi connectivity index (χ2n) is 8.77. The zero-order valence-electron chi connectivity index (χ0n) is 17.6. The van der Waals surface area contributed by atoms with Crippen LogP contribution >= 0.6 is 0 Å². The van der Waals surface area contributed by atoms with E-state index in [-0.39, 0.29) is 29.6 Å². The van der Waals surface area contributed by atoms with Crippen LogP contribution in [0.2, 0.25) is 18.1 Å². The van der Waals surface area contributed by atoms with Gasteiger partial charge >= 0.3 is 5.97 Å². The molecule has 1 saturated heterocycles. The van der Waals surface area contributed by atoms with Gasteiger partial charge in [0.05, 0.1) is 12.0 Å². The van der Waals surface area contributed by atoms with Gasteiger partial charge in [0.2, 0.25) is 5.91 Å². The maximum atomic E-state index is 12.7. The second-order valence-corrected chi connectivity index (χ2v) is 13.5. The lowest BCUT2D eigenvalue weighted by atomic mass is 9.83. The summed E-state index contributed by atoms with van der Waals surface area (Å²) in [6.45, 7) is 15.3. The van der Waals surface area contributed by atoms with Crippen LogP contribution in [0.4, 0.5) is 0 Å². The van der Waals surface area contributed by atoms with E-state index in [4.69, 9.17) is 9.16 Å². The minimum atomic E-state index is -2.03. The number of carbonyl (C=O) groups is 2. The Morgan fingerprint density at radius 2 is 1.81 bits per heavy atom. The van der Waals surface area contributed by atoms with Gasteiger partial charge in [0.1, 0.15) is 12.6 Å². The number of nitrogens with zero attached hydrogens (tertiary/aromatic N) is 1. The van der Waals surface area contributed by atoms with E-state index >= 15 is 0 Å². The van der Waals surface area contributed by atoms with E-state index in [9.17, 15) is 9.59 Å². The summed E-state index contributed by atoms with van der Waals surface area (Å²) in [7, 11) is -2.03. The topological polar surface area (TPSA) is 55.8 Å². The number of hydrogen-bond acceptors (Lipinski definition) is 4. The molecule has 0 radical (unpaired) electrons. The van der Waals surface area contributed by atoms with Gasteiger partial charge in [0.25, 0.3) is 0 Å². The predicted octanol–water partition coefficient (Wildman–Crippen LogP) is 3.99. The number of likely N-dealkylation sites (tertiary alicyclic amines) is 1. The van der Waals surface area contributed by atoms with Crippen LogP contribution in [0.25, 0.3) is 0 Å². The van der Waals surface area contributed by atoms with E-state index in [0.29, 0.717) is 6.54 Å². The quantitative estimate of drug-likeness (QED) is 0.401. The van der Waals surface area contributed by atoms with Gasteiger partial charge in [-0.2, -0.15) is 0 Å². The van der Waals surface area contributed by atoms with Crippen molar-refractivity contribution in [3.63, 3.8) is 0 Å². The smallest absolute Gasteiger partial charge is 0.330 e. The Labute approximate surface area is 164 Å². The van der Waals surface area contributed by atoms with Crippen LogP contribution in [0, 0.1) is 5.92 Å². The fourth-order valence-electron chi connectivity index (χ4n) is 3.19. The highest BCUT2D eigenvalue weighted by Crippen LogP contribution is 2.40. The van der Waals surface area contributed by atoms with Gasteiger partial charge in [0, 0.05) is 6.54 Å². The van der Waals surface area contributed by atoms with Gasteiger partial charge in [-0.05, 0) is 37.5 Å². The van der Waals surface area contributed by atoms with Crippen LogP contribution in [0.15, 0.2) is 30.3 Å². The fraction of sp³-hybridized carbons (Fsp3) is 0.619. The molecule has 2 unspecified atom stereocenters. The summed E-state index contributed by atoms with van der Waals surface area (Å²) in [6.07, 6.45) is -0.310. The summed E-state index contributed by atoms with van der Waals surface area (Å²) >= 11 is 0. The van der Waals surface area contributed by atoms with Crippen LogP contribution in [-0.4, -0.2) is 43.8 Å². The maximum Gasteiger partial charge on any atom is 0.330 e. The number of ether oxygens (including phenoxy) is 1. The number of likely N-dealkylation sites (N-methyl/N-ethyl adjacent to an activating group) is 1. The molecule has 150 valence electrons. The summed E-state index contributed by atoms with van der Waals surface area (Å²) in [4.78, 5) is 26.9. The summed E-state index contributed by atoms with van der Waals surface area (Å²) in [5, 5.41) is 0.0435. The minimum absolute atomic E-state index is 0.0228. The molecular formula is C21H33NO4Si. The van der Waals surface area contributed by atoms with Gasteiger partial charge in [0.15, 0.2) is 8.32 Å². The number of benzene rings is 1. The van der Waals surface area contributed by atoms with Crippen LogP contribution in [0.1, 0.15) is 40.2 Å². The molecule has 2 rings (SSSR count). The zero-order valence-corrected chi connectivity index (χ0v) is 18.6. The van der Waals surface area contributed by atoms with E-state index in [0.717, 1.165) is 5.56 Å². The molecule has 5 nitrogen and oxygen atoms in total. The first-order chi connectivity index (χ1) is 12.5. The molecule has 0 spiro atoms. The molecule has 1 aliphatic rings. The SMILES string of the molecule is CCN1C(=O)C([C@@H](C)O[Si](C)(C)C(C)(C)C)C1C(=O)OCc1ccccc1. The normalized spacial score (nSPS) is 21.6. The summed E-state index contributed by atoms with van der Waals surface area (Å²) in [5.74, 6) is -0.844. The maximum absolute atomic E-state index is 12.7. The van der Waals surface area contributed by atoms with Crippen LogP contribution in [-0.2, 0) is 25.4 Å². The predicted molar refractivity (Wildman–Crippen MR) is 109 cm³/mol. The molecule has 3 atom stereocenters. The Morgan fingerprint density at radius 1 is 1.22 bits per heavy atom. The van der Waals surface area contributed by atoms with E-state index in [1.807, 2.05) is 44.2 Å². The lowest BCUT2D eigenvalue weighted by Gasteiger charge is -2.49.